The third kappa shape index (κ3) is 7.82. The molecule has 46 heavy (non-hydrogen) atoms. The molecule has 0 spiro atoms. The van der Waals surface area contributed by atoms with Crippen LogP contribution in [0, 0.1) is 40.7 Å². The Balaban J connectivity index is 1.47. The first-order chi connectivity index (χ1) is 21.7. The summed E-state index contributed by atoms with van der Waals surface area (Å²) < 4.78 is 144. The SMILES string of the molecule is C=C(C)C(=O)OCCCCOc1ccc(-c2cc(F)c(-c3cc(F)c(C(F)(F)Oc4cc(F)c(F)c(F)c4)c(F)c3)c(F)c2)cc1. The summed E-state index contributed by atoms with van der Waals surface area (Å²) >= 11 is 0. The Morgan fingerprint density at radius 2 is 1.20 bits per heavy atom. The molecular weight excluding hydrogens is 631 g/mol. The molecule has 0 aliphatic rings. The van der Waals surface area contributed by atoms with Gasteiger partial charge in [0.05, 0.1) is 18.8 Å². The number of hydrogen-bond donors (Lipinski definition) is 0. The molecule has 13 heteroatoms. The van der Waals surface area contributed by atoms with E-state index in [1.807, 2.05) is 0 Å². The third-order valence-corrected chi connectivity index (χ3v) is 6.44. The van der Waals surface area contributed by atoms with Crippen LogP contribution in [0.25, 0.3) is 22.3 Å². The summed E-state index contributed by atoms with van der Waals surface area (Å²) in [6.45, 7) is 5.52. The highest BCUT2D eigenvalue weighted by Crippen LogP contribution is 2.39. The Labute approximate surface area is 256 Å². The lowest BCUT2D eigenvalue weighted by Crippen LogP contribution is -2.25. The fourth-order valence-electron chi connectivity index (χ4n) is 4.23. The molecule has 0 atom stereocenters. The molecule has 0 radical (unpaired) electrons. The van der Waals surface area contributed by atoms with Gasteiger partial charge in [-0.15, -0.1) is 0 Å². The summed E-state index contributed by atoms with van der Waals surface area (Å²) in [5.74, 6) is -13.6. The van der Waals surface area contributed by atoms with Crippen molar-refractivity contribution in [2.75, 3.05) is 13.2 Å². The van der Waals surface area contributed by atoms with Gasteiger partial charge in [0.1, 0.15) is 40.3 Å². The van der Waals surface area contributed by atoms with E-state index in [1.165, 1.54) is 19.1 Å². The maximum Gasteiger partial charge on any atom is 0.432 e. The zero-order chi connectivity index (χ0) is 33.8. The van der Waals surface area contributed by atoms with Crippen molar-refractivity contribution in [1.29, 1.82) is 0 Å². The van der Waals surface area contributed by atoms with Crippen molar-refractivity contribution in [3.05, 3.63) is 119 Å². The number of carbonyl (C=O) groups excluding carboxylic acids is 1. The van der Waals surface area contributed by atoms with E-state index in [9.17, 15) is 35.5 Å². The molecule has 0 N–H and O–H groups in total. The number of benzene rings is 4. The lowest BCUT2D eigenvalue weighted by Gasteiger charge is -2.20. The van der Waals surface area contributed by atoms with Crippen LogP contribution in [-0.2, 0) is 15.6 Å². The van der Waals surface area contributed by atoms with Crippen LogP contribution in [0.4, 0.5) is 39.5 Å². The van der Waals surface area contributed by atoms with Gasteiger partial charge in [0.2, 0.25) is 0 Å². The topological polar surface area (TPSA) is 44.8 Å². The Morgan fingerprint density at radius 1 is 0.674 bits per heavy atom. The molecule has 0 fully saturated rings. The number of carbonyl (C=O) groups is 1. The number of ether oxygens (including phenoxy) is 3. The van der Waals surface area contributed by atoms with Gasteiger partial charge in [-0.25, -0.2) is 35.5 Å². The molecule has 0 aliphatic carbocycles. The average molecular weight is 655 g/mol. The number of halogens is 9. The minimum absolute atomic E-state index is 0.0404. The molecule has 0 aliphatic heterocycles. The normalized spacial score (nSPS) is 11.3. The van der Waals surface area contributed by atoms with E-state index in [0.29, 0.717) is 36.3 Å². The van der Waals surface area contributed by atoms with Gasteiger partial charge in [0.15, 0.2) is 17.5 Å². The molecule has 4 aromatic rings. The largest absolute Gasteiger partial charge is 0.494 e. The summed E-state index contributed by atoms with van der Waals surface area (Å²) in [5.41, 5.74) is -3.03. The summed E-state index contributed by atoms with van der Waals surface area (Å²) in [6.07, 6.45) is -3.75. The van der Waals surface area contributed by atoms with Crippen LogP contribution in [0.5, 0.6) is 11.5 Å². The van der Waals surface area contributed by atoms with Crippen molar-refractivity contribution >= 4 is 5.97 Å². The van der Waals surface area contributed by atoms with Crippen LogP contribution in [0.15, 0.2) is 72.8 Å². The molecule has 0 saturated carbocycles. The zero-order valence-electron chi connectivity index (χ0n) is 23.8. The van der Waals surface area contributed by atoms with E-state index in [2.05, 4.69) is 11.3 Å². The summed E-state index contributed by atoms with van der Waals surface area (Å²) in [4.78, 5) is 11.3. The second-order valence-corrected chi connectivity index (χ2v) is 9.95. The molecule has 0 aromatic heterocycles. The van der Waals surface area contributed by atoms with E-state index in [-0.39, 0.29) is 36.4 Å². The average Bonchev–Trinajstić information content (AvgIpc) is 2.96. The standard InChI is InChI=1S/C33H23F9O4/c1-17(2)32(43)45-10-4-3-9-44-21-7-5-18(6-8-21)19-11-23(34)29(24(35)12-19)20-13-25(36)30(26(37)14-20)33(41,42)46-22-15-27(38)31(40)28(39)16-22/h5-8,11-16H,1,3-4,9-10H2,2H3. The molecule has 0 bridgehead atoms. The summed E-state index contributed by atoms with van der Waals surface area (Å²) in [6, 6.07) is 8.40. The number of alkyl halides is 2. The molecule has 4 rings (SSSR count). The maximum absolute atomic E-state index is 15.1. The van der Waals surface area contributed by atoms with Gasteiger partial charge in [-0.3, -0.25) is 0 Å². The quantitative estimate of drug-likeness (QED) is 0.0502. The van der Waals surface area contributed by atoms with Gasteiger partial charge in [-0.1, -0.05) is 18.7 Å². The lowest BCUT2D eigenvalue weighted by molar-refractivity contribution is -0.189. The molecule has 4 nitrogen and oxygen atoms in total. The minimum Gasteiger partial charge on any atom is -0.494 e. The van der Waals surface area contributed by atoms with Gasteiger partial charge < -0.3 is 14.2 Å². The number of unbranched alkanes of at least 4 members (excludes halogenated alkanes) is 1. The highest BCUT2D eigenvalue weighted by molar-refractivity contribution is 5.86. The van der Waals surface area contributed by atoms with Gasteiger partial charge >= 0.3 is 12.1 Å². The highest BCUT2D eigenvalue weighted by Gasteiger charge is 2.42. The first-order valence-electron chi connectivity index (χ1n) is 13.4. The van der Waals surface area contributed by atoms with Gasteiger partial charge in [-0.2, -0.15) is 8.78 Å². The summed E-state index contributed by atoms with van der Waals surface area (Å²) in [5, 5.41) is 0. The monoisotopic (exact) mass is 654 g/mol. The number of hydrogen-bond acceptors (Lipinski definition) is 4. The van der Waals surface area contributed by atoms with Crippen LogP contribution < -0.4 is 9.47 Å². The first-order valence-corrected chi connectivity index (χ1v) is 13.4. The maximum atomic E-state index is 15.1. The molecular formula is C33H23F9O4. The van der Waals surface area contributed by atoms with Crippen molar-refractivity contribution in [2.45, 2.75) is 25.9 Å². The Kier molecular flexibility index (Phi) is 10.3. The molecule has 242 valence electrons. The lowest BCUT2D eigenvalue weighted by atomic mass is 9.97. The smallest absolute Gasteiger partial charge is 0.432 e. The van der Waals surface area contributed by atoms with Crippen molar-refractivity contribution < 1.29 is 58.5 Å². The number of rotatable bonds is 12. The molecule has 0 saturated heterocycles. The number of esters is 1. The Hall–Kier alpha value is -4.94. The molecule has 0 amide bonds. The summed E-state index contributed by atoms with van der Waals surface area (Å²) in [7, 11) is 0. The van der Waals surface area contributed by atoms with Gasteiger partial charge in [-0.05, 0) is 72.9 Å². The second-order valence-electron chi connectivity index (χ2n) is 9.95. The van der Waals surface area contributed by atoms with Crippen LogP contribution in [0.2, 0.25) is 0 Å². The molecule has 0 unspecified atom stereocenters. The van der Waals surface area contributed by atoms with E-state index in [1.54, 1.807) is 12.1 Å². The fraction of sp³-hybridized carbons (Fsp3) is 0.182. The van der Waals surface area contributed by atoms with E-state index in [4.69, 9.17) is 9.47 Å². The first kappa shape index (κ1) is 33.9. The van der Waals surface area contributed by atoms with E-state index in [0.717, 1.165) is 12.1 Å². The molecule has 4 aromatic carbocycles. The predicted molar refractivity (Wildman–Crippen MR) is 148 cm³/mol. The van der Waals surface area contributed by atoms with Crippen LogP contribution in [-0.4, -0.2) is 19.2 Å². The van der Waals surface area contributed by atoms with Crippen LogP contribution in [0.1, 0.15) is 25.3 Å². The minimum atomic E-state index is -4.88. The molecule has 0 heterocycles. The third-order valence-electron chi connectivity index (χ3n) is 6.44. The van der Waals surface area contributed by atoms with Gasteiger partial charge in [0.25, 0.3) is 0 Å². The zero-order valence-corrected chi connectivity index (χ0v) is 23.8. The van der Waals surface area contributed by atoms with E-state index >= 15 is 8.78 Å². The van der Waals surface area contributed by atoms with Crippen molar-refractivity contribution in [3.8, 4) is 33.8 Å². The van der Waals surface area contributed by atoms with Crippen molar-refractivity contribution in [1.82, 2.24) is 0 Å². The second kappa shape index (κ2) is 14.0. The fourth-order valence-corrected chi connectivity index (χ4v) is 4.23. The Morgan fingerprint density at radius 3 is 1.74 bits per heavy atom. The van der Waals surface area contributed by atoms with Crippen LogP contribution >= 0.6 is 0 Å². The predicted octanol–water partition coefficient (Wildman–Crippen LogP) is 9.40. The Bertz CT molecular complexity index is 1700. The van der Waals surface area contributed by atoms with Crippen LogP contribution in [0.3, 0.4) is 0 Å². The highest BCUT2D eigenvalue weighted by atomic mass is 19.3. The van der Waals surface area contributed by atoms with E-state index < -0.39 is 75.2 Å². The van der Waals surface area contributed by atoms with Crippen molar-refractivity contribution in [3.63, 3.8) is 0 Å². The van der Waals surface area contributed by atoms with Crippen molar-refractivity contribution in [2.24, 2.45) is 0 Å². The van der Waals surface area contributed by atoms with Gasteiger partial charge in [0, 0.05) is 17.7 Å².